The number of rotatable bonds is 7. The molecule has 0 N–H and O–H groups in total. The molecule has 0 unspecified atom stereocenters. The number of fused-ring (bicyclic) bond motifs is 1. The number of ether oxygens (including phenoxy) is 2. The molecule has 1 aliphatic heterocycles. The van der Waals surface area contributed by atoms with E-state index in [9.17, 15) is 9.59 Å². The molecular weight excluding hydrogens is 540 g/mol. The Labute approximate surface area is 253 Å². The molecule has 1 amide bonds. The van der Waals surface area contributed by atoms with Crippen molar-refractivity contribution >= 4 is 29.2 Å². The van der Waals surface area contributed by atoms with Crippen LogP contribution in [0.3, 0.4) is 0 Å². The summed E-state index contributed by atoms with van der Waals surface area (Å²) in [4.78, 5) is 33.9. The molecule has 0 saturated carbocycles. The molecule has 222 valence electrons. The van der Waals surface area contributed by atoms with Crippen molar-refractivity contribution in [3.63, 3.8) is 0 Å². The molecule has 8 nitrogen and oxygen atoms in total. The molecule has 2 aromatic carbocycles. The van der Waals surface area contributed by atoms with Gasteiger partial charge in [-0.2, -0.15) is 0 Å². The molecule has 2 aromatic heterocycles. The number of carbonyl (C=O) groups is 2. The van der Waals surface area contributed by atoms with Gasteiger partial charge in [0.15, 0.2) is 5.69 Å². The lowest BCUT2D eigenvalue weighted by atomic mass is 9.93. The largest absolute Gasteiger partial charge is 0.457 e. The Morgan fingerprint density at radius 3 is 2.26 bits per heavy atom. The van der Waals surface area contributed by atoms with E-state index >= 15 is 0 Å². The van der Waals surface area contributed by atoms with Crippen molar-refractivity contribution in [1.82, 2.24) is 14.5 Å². The third-order valence-electron chi connectivity index (χ3n) is 8.03. The van der Waals surface area contributed by atoms with Gasteiger partial charge in [0.25, 0.3) is 6.47 Å². The van der Waals surface area contributed by atoms with Crippen LogP contribution >= 0.6 is 0 Å². The zero-order chi connectivity index (χ0) is 30.8. The van der Waals surface area contributed by atoms with Crippen molar-refractivity contribution < 1.29 is 19.1 Å². The number of likely N-dealkylation sites (tertiary alicyclic amines) is 1. The number of pyridine rings is 1. The summed E-state index contributed by atoms with van der Waals surface area (Å²) in [5.74, 6) is 0.430. The highest BCUT2D eigenvalue weighted by atomic mass is 16.6. The smallest absolute Gasteiger partial charge is 0.410 e. The van der Waals surface area contributed by atoms with Crippen LogP contribution < -0.4 is 0 Å². The first-order valence-electron chi connectivity index (χ1n) is 14.6. The standard InChI is InChI=1S/C35H38N4O4/c1-34(2,3)43-33(41)38-18-15-24(16-19-38)22-39-20-17-29-30(39)21-37-32(31(29)25-9-13-28(36-6)14-10-25)26-7-11-27(12-8-26)35(4,5)42-23-40/h7-14,17,20-21,23-24H,15-16,18-19,22H2,1-5H3. The second-order valence-corrected chi connectivity index (χ2v) is 12.6. The molecule has 0 spiro atoms. The molecule has 0 bridgehead atoms. The van der Waals surface area contributed by atoms with E-state index in [1.165, 1.54) is 0 Å². The SMILES string of the molecule is [C-]#[N+]c1ccc(-c2c(-c3ccc(C(C)(C)OC=O)cc3)ncc3c2ccn3CC2CCN(C(=O)OC(C)(C)C)CC2)cc1. The fraction of sp³-hybridized carbons (Fsp3) is 0.371. The van der Waals surface area contributed by atoms with Crippen molar-refractivity contribution in [3.05, 3.63) is 84.0 Å². The third-order valence-corrected chi connectivity index (χ3v) is 8.03. The lowest BCUT2D eigenvalue weighted by Gasteiger charge is -2.33. The first-order valence-corrected chi connectivity index (χ1v) is 14.6. The maximum absolute atomic E-state index is 12.5. The fourth-order valence-electron chi connectivity index (χ4n) is 5.65. The predicted molar refractivity (Wildman–Crippen MR) is 168 cm³/mol. The zero-order valence-corrected chi connectivity index (χ0v) is 25.5. The van der Waals surface area contributed by atoms with Crippen molar-refractivity contribution in [2.75, 3.05) is 13.1 Å². The van der Waals surface area contributed by atoms with Gasteiger partial charge in [-0.15, -0.1) is 0 Å². The average Bonchev–Trinajstić information content (AvgIpc) is 3.39. The molecule has 5 rings (SSSR count). The molecule has 4 aromatic rings. The van der Waals surface area contributed by atoms with Crippen LogP contribution in [-0.4, -0.2) is 45.7 Å². The molecule has 1 aliphatic rings. The van der Waals surface area contributed by atoms with Crippen LogP contribution in [0.5, 0.6) is 0 Å². The first-order chi connectivity index (χ1) is 20.5. The molecule has 0 aliphatic carbocycles. The number of carbonyl (C=O) groups excluding carboxylic acids is 2. The normalized spacial score (nSPS) is 14.4. The summed E-state index contributed by atoms with van der Waals surface area (Å²) in [6, 6.07) is 17.7. The van der Waals surface area contributed by atoms with Crippen molar-refractivity contribution in [3.8, 4) is 22.4 Å². The maximum atomic E-state index is 12.5. The number of amides is 1. The number of hydrogen-bond acceptors (Lipinski definition) is 5. The Hall–Kier alpha value is -4.64. The summed E-state index contributed by atoms with van der Waals surface area (Å²) in [5.41, 5.74) is 5.04. The van der Waals surface area contributed by atoms with Gasteiger partial charge in [-0.05, 0) is 70.6 Å². The van der Waals surface area contributed by atoms with Crippen LogP contribution in [0.25, 0.3) is 38.1 Å². The lowest BCUT2D eigenvalue weighted by molar-refractivity contribution is -0.141. The van der Waals surface area contributed by atoms with Crippen molar-refractivity contribution in [2.24, 2.45) is 5.92 Å². The Morgan fingerprint density at radius 1 is 1.00 bits per heavy atom. The van der Waals surface area contributed by atoms with Crippen LogP contribution in [0.1, 0.15) is 53.0 Å². The highest BCUT2D eigenvalue weighted by molar-refractivity contribution is 6.01. The molecule has 3 heterocycles. The van der Waals surface area contributed by atoms with Gasteiger partial charge in [0.2, 0.25) is 0 Å². The van der Waals surface area contributed by atoms with Crippen molar-refractivity contribution in [1.29, 1.82) is 0 Å². The van der Waals surface area contributed by atoms with Crippen molar-refractivity contribution in [2.45, 2.75) is 65.2 Å². The zero-order valence-electron chi connectivity index (χ0n) is 25.5. The minimum absolute atomic E-state index is 0.240. The van der Waals surface area contributed by atoms with Crippen LogP contribution in [0.15, 0.2) is 67.0 Å². The monoisotopic (exact) mass is 578 g/mol. The van der Waals surface area contributed by atoms with E-state index in [-0.39, 0.29) is 6.09 Å². The molecule has 1 saturated heterocycles. The van der Waals surface area contributed by atoms with Gasteiger partial charge in [0, 0.05) is 42.3 Å². The maximum Gasteiger partial charge on any atom is 0.410 e. The summed E-state index contributed by atoms with van der Waals surface area (Å²) >= 11 is 0. The molecule has 0 radical (unpaired) electrons. The summed E-state index contributed by atoms with van der Waals surface area (Å²) < 4.78 is 13.1. The van der Waals surface area contributed by atoms with Gasteiger partial charge in [0.05, 0.1) is 24.0 Å². The van der Waals surface area contributed by atoms with Gasteiger partial charge in [-0.25, -0.2) is 9.64 Å². The Bertz CT molecular complexity index is 1650. The Morgan fingerprint density at radius 2 is 1.65 bits per heavy atom. The van der Waals surface area contributed by atoms with Crippen LogP contribution in [0, 0.1) is 12.5 Å². The van der Waals surface area contributed by atoms with Crippen LogP contribution in [-0.2, 0) is 26.4 Å². The van der Waals surface area contributed by atoms with E-state index in [4.69, 9.17) is 21.0 Å². The van der Waals surface area contributed by atoms with E-state index in [2.05, 4.69) is 21.7 Å². The Balaban J connectivity index is 1.45. The third kappa shape index (κ3) is 6.56. The highest BCUT2D eigenvalue weighted by Crippen LogP contribution is 2.39. The van der Waals surface area contributed by atoms with Gasteiger partial charge in [0.1, 0.15) is 11.2 Å². The number of hydrogen-bond donors (Lipinski definition) is 0. The number of piperidine rings is 1. The molecule has 1 fully saturated rings. The topological polar surface area (TPSA) is 78.0 Å². The second-order valence-electron chi connectivity index (χ2n) is 12.6. The fourth-order valence-corrected chi connectivity index (χ4v) is 5.65. The van der Waals surface area contributed by atoms with Gasteiger partial charge in [-0.1, -0.05) is 48.5 Å². The molecule has 8 heteroatoms. The van der Waals surface area contributed by atoms with Gasteiger partial charge >= 0.3 is 6.09 Å². The lowest BCUT2D eigenvalue weighted by Crippen LogP contribution is -2.42. The van der Waals surface area contributed by atoms with E-state index in [0.717, 1.165) is 58.2 Å². The minimum Gasteiger partial charge on any atom is -0.457 e. The van der Waals surface area contributed by atoms with E-state index in [0.29, 0.717) is 31.2 Å². The van der Waals surface area contributed by atoms with Crippen LogP contribution in [0.2, 0.25) is 0 Å². The van der Waals surface area contributed by atoms with E-state index < -0.39 is 11.2 Å². The van der Waals surface area contributed by atoms with Gasteiger partial charge < -0.3 is 18.9 Å². The predicted octanol–water partition coefficient (Wildman–Crippen LogP) is 7.98. The molecule has 0 atom stereocenters. The summed E-state index contributed by atoms with van der Waals surface area (Å²) in [6.45, 7) is 19.4. The Kier molecular flexibility index (Phi) is 8.27. The molecular formula is C35H38N4O4. The summed E-state index contributed by atoms with van der Waals surface area (Å²) in [5, 5.41) is 1.08. The number of benzene rings is 2. The second kappa shape index (κ2) is 11.9. The summed E-state index contributed by atoms with van der Waals surface area (Å²) in [6.07, 6.45) is 5.63. The summed E-state index contributed by atoms with van der Waals surface area (Å²) in [7, 11) is 0. The average molecular weight is 579 g/mol. The van der Waals surface area contributed by atoms with Gasteiger partial charge in [-0.3, -0.25) is 9.78 Å². The number of aromatic nitrogens is 2. The van der Waals surface area contributed by atoms with E-state index in [1.54, 1.807) is 0 Å². The highest BCUT2D eigenvalue weighted by Gasteiger charge is 2.28. The minimum atomic E-state index is -0.740. The first kappa shape index (κ1) is 29.8. The van der Waals surface area contributed by atoms with E-state index in [1.807, 2.05) is 94.2 Å². The quantitative estimate of drug-likeness (QED) is 0.164. The molecule has 43 heavy (non-hydrogen) atoms. The van der Waals surface area contributed by atoms with Crippen LogP contribution in [0.4, 0.5) is 10.5 Å². The number of nitrogens with zero attached hydrogens (tertiary/aromatic N) is 4.